The average Bonchev–Trinajstić information content (AvgIpc) is 2.94. The lowest BCUT2D eigenvalue weighted by molar-refractivity contribution is -0.135. The van der Waals surface area contributed by atoms with Crippen molar-refractivity contribution in [3.8, 4) is 5.75 Å². The molecule has 1 aromatic carbocycles. The van der Waals surface area contributed by atoms with Crippen LogP contribution in [0.4, 0.5) is 0 Å². The van der Waals surface area contributed by atoms with Gasteiger partial charge in [-0.2, -0.15) is 0 Å². The van der Waals surface area contributed by atoms with Crippen LogP contribution in [-0.2, 0) is 35.0 Å². The van der Waals surface area contributed by atoms with Gasteiger partial charge in [0.15, 0.2) is 0 Å². The Hall–Kier alpha value is -3.48. The van der Waals surface area contributed by atoms with E-state index in [1.165, 1.54) is 31.2 Å². The number of nitrogens with two attached hydrogens (primary N) is 1. The average molecular weight is 642 g/mol. The Morgan fingerprint density at radius 3 is 2.05 bits per heavy atom. The molecular weight excluding hydrogens is 593 g/mol. The van der Waals surface area contributed by atoms with Crippen molar-refractivity contribution in [1.82, 2.24) is 21.3 Å². The van der Waals surface area contributed by atoms with E-state index in [1.807, 2.05) is 13.8 Å². The minimum atomic E-state index is -4.75. The van der Waals surface area contributed by atoms with Gasteiger partial charge in [-0.15, -0.1) is 0 Å². The zero-order valence-corrected chi connectivity index (χ0v) is 27.0. The second kappa shape index (κ2) is 19.0. The van der Waals surface area contributed by atoms with Crippen molar-refractivity contribution in [2.45, 2.75) is 97.7 Å². The number of hydrogen-bond donors (Lipinski definition) is 7. The van der Waals surface area contributed by atoms with Gasteiger partial charge >= 0.3 is 7.82 Å². The molecule has 8 N–H and O–H groups in total. The number of primary amides is 1. The predicted molar refractivity (Wildman–Crippen MR) is 164 cm³/mol. The molecule has 1 rings (SSSR count). The number of carbonyl (C=O) groups excluding carboxylic acids is 5. The van der Waals surface area contributed by atoms with Crippen molar-refractivity contribution in [2.24, 2.45) is 17.6 Å². The molecule has 0 aliphatic heterocycles. The normalized spacial score (nSPS) is 14.7. The van der Waals surface area contributed by atoms with Gasteiger partial charge < -0.3 is 31.5 Å². The third-order valence-corrected chi connectivity index (χ3v) is 7.67. The number of unbranched alkanes of at least 4 members (excludes halogenated alkanes) is 1. The summed E-state index contributed by atoms with van der Waals surface area (Å²) in [6.45, 7) is 9.28. The van der Waals surface area contributed by atoms with Crippen LogP contribution < -0.4 is 31.5 Å². The molecule has 0 spiro atoms. The van der Waals surface area contributed by atoms with E-state index in [9.17, 15) is 28.5 Å². The van der Waals surface area contributed by atoms with E-state index in [2.05, 4.69) is 32.7 Å². The van der Waals surface area contributed by atoms with Crippen LogP contribution in [0.3, 0.4) is 0 Å². The summed E-state index contributed by atoms with van der Waals surface area (Å²) >= 11 is 0. The van der Waals surface area contributed by atoms with Crippen molar-refractivity contribution < 1.29 is 42.8 Å². The first-order chi connectivity index (χ1) is 20.6. The van der Waals surface area contributed by atoms with E-state index in [0.717, 1.165) is 25.7 Å². The van der Waals surface area contributed by atoms with E-state index in [1.54, 1.807) is 6.92 Å². The molecule has 0 aliphatic carbocycles. The first kappa shape index (κ1) is 38.5. The number of phosphoric acid groups is 1. The van der Waals surface area contributed by atoms with Crippen LogP contribution in [0.2, 0.25) is 0 Å². The number of hydrogen-bond acceptors (Lipinski definition) is 7. The fraction of sp³-hybridized carbons (Fsp3) is 0.621. The standard InChI is InChI=1S/C29H48N5O9P/c1-6-9-10-20(8-3)17-31-27(37)24(16-25(30)36)33-29(39)26(18(4)7-2)34-28(38)23(32-19(5)35)15-21-11-13-22(14-12-21)43-44(40,41)42/h11-14,18,20,23-24,26H,6-10,15-17H2,1-5H3,(H2,30,36)(H,31,37)(H,32,35)(H,33,39)(H,34,38)(H2,40,41,42)/t18-,20?,23-,24-,26-/m0/s1. The summed E-state index contributed by atoms with van der Waals surface area (Å²) in [7, 11) is -4.75. The summed E-state index contributed by atoms with van der Waals surface area (Å²) in [5.74, 6) is -3.43. The van der Waals surface area contributed by atoms with Gasteiger partial charge in [0.25, 0.3) is 0 Å². The van der Waals surface area contributed by atoms with Crippen LogP contribution in [0.25, 0.3) is 0 Å². The fourth-order valence-electron chi connectivity index (χ4n) is 4.45. The molecule has 0 fully saturated rings. The molecule has 14 nitrogen and oxygen atoms in total. The monoisotopic (exact) mass is 641 g/mol. The molecular formula is C29H48N5O9P. The summed E-state index contributed by atoms with van der Waals surface area (Å²) in [5.41, 5.74) is 5.90. The van der Waals surface area contributed by atoms with Crippen molar-refractivity contribution in [2.75, 3.05) is 6.54 Å². The lowest BCUT2D eigenvalue weighted by atomic mass is 9.96. The quantitative estimate of drug-likeness (QED) is 0.102. The van der Waals surface area contributed by atoms with Gasteiger partial charge in [0.2, 0.25) is 29.5 Å². The van der Waals surface area contributed by atoms with Gasteiger partial charge in [-0.25, -0.2) is 4.57 Å². The Labute approximate surface area is 258 Å². The Balaban J connectivity index is 3.09. The smallest absolute Gasteiger partial charge is 0.404 e. The van der Waals surface area contributed by atoms with Crippen LogP contribution in [0.1, 0.15) is 78.7 Å². The Kier molecular flexibility index (Phi) is 16.7. The van der Waals surface area contributed by atoms with E-state index in [4.69, 9.17) is 15.5 Å². The SMILES string of the molecule is CCCCC(CC)CNC(=O)[C@H](CC(N)=O)NC(=O)[C@@H](NC(=O)[C@H](Cc1ccc(OP(=O)(O)O)cc1)NC(C)=O)[C@@H](C)CC. The fourth-order valence-corrected chi connectivity index (χ4v) is 4.85. The summed E-state index contributed by atoms with van der Waals surface area (Å²) in [6.07, 6.45) is 3.87. The molecule has 0 heterocycles. The molecule has 15 heteroatoms. The number of rotatable bonds is 20. The third kappa shape index (κ3) is 14.8. The highest BCUT2D eigenvalue weighted by Gasteiger charge is 2.33. The van der Waals surface area contributed by atoms with Crippen LogP contribution in [0.5, 0.6) is 5.75 Å². The van der Waals surface area contributed by atoms with E-state index in [0.29, 0.717) is 18.5 Å². The molecule has 248 valence electrons. The van der Waals surface area contributed by atoms with Gasteiger partial charge in [0.05, 0.1) is 6.42 Å². The zero-order valence-electron chi connectivity index (χ0n) is 26.1. The van der Waals surface area contributed by atoms with Crippen LogP contribution in [0.15, 0.2) is 24.3 Å². The van der Waals surface area contributed by atoms with Crippen LogP contribution in [-0.4, -0.2) is 64.0 Å². The molecule has 0 aromatic heterocycles. The summed E-state index contributed by atoms with van der Waals surface area (Å²) in [4.78, 5) is 81.5. The maximum absolute atomic E-state index is 13.4. The zero-order chi connectivity index (χ0) is 33.4. The van der Waals surface area contributed by atoms with Gasteiger partial charge in [0.1, 0.15) is 23.9 Å². The second-order valence-electron chi connectivity index (χ2n) is 10.9. The van der Waals surface area contributed by atoms with Crippen molar-refractivity contribution in [3.05, 3.63) is 29.8 Å². The molecule has 0 saturated carbocycles. The Bertz CT molecular complexity index is 1160. The van der Waals surface area contributed by atoms with E-state index in [-0.39, 0.29) is 18.1 Å². The highest BCUT2D eigenvalue weighted by atomic mass is 31.2. The molecule has 5 amide bonds. The predicted octanol–water partition coefficient (Wildman–Crippen LogP) is 1.43. The number of carbonyl (C=O) groups is 5. The molecule has 1 aromatic rings. The maximum atomic E-state index is 13.4. The molecule has 0 bridgehead atoms. The maximum Gasteiger partial charge on any atom is 0.524 e. The largest absolute Gasteiger partial charge is 0.524 e. The van der Waals surface area contributed by atoms with Crippen LogP contribution >= 0.6 is 7.82 Å². The molecule has 0 radical (unpaired) electrons. The van der Waals surface area contributed by atoms with Gasteiger partial charge in [-0.05, 0) is 36.0 Å². The van der Waals surface area contributed by atoms with E-state index >= 15 is 0 Å². The van der Waals surface area contributed by atoms with Crippen molar-refractivity contribution >= 4 is 37.4 Å². The summed E-state index contributed by atoms with van der Waals surface area (Å²) in [6, 6.07) is 2.10. The highest BCUT2D eigenvalue weighted by Crippen LogP contribution is 2.37. The van der Waals surface area contributed by atoms with E-state index < -0.39 is 67.8 Å². The molecule has 0 saturated heterocycles. The van der Waals surface area contributed by atoms with Crippen molar-refractivity contribution in [1.29, 1.82) is 0 Å². The first-order valence-corrected chi connectivity index (χ1v) is 16.4. The number of phosphoric ester groups is 1. The third-order valence-electron chi connectivity index (χ3n) is 7.22. The first-order valence-electron chi connectivity index (χ1n) is 14.9. The lowest BCUT2D eigenvalue weighted by Gasteiger charge is -2.28. The molecule has 44 heavy (non-hydrogen) atoms. The highest BCUT2D eigenvalue weighted by molar-refractivity contribution is 7.46. The molecule has 1 unspecified atom stereocenters. The number of amides is 5. The second-order valence-corrected chi connectivity index (χ2v) is 12.1. The van der Waals surface area contributed by atoms with Crippen molar-refractivity contribution in [3.63, 3.8) is 0 Å². The molecule has 0 aliphatic rings. The number of benzene rings is 1. The summed E-state index contributed by atoms with van der Waals surface area (Å²) in [5, 5.41) is 10.6. The molecule has 5 atom stereocenters. The van der Waals surface area contributed by atoms with Gasteiger partial charge in [0, 0.05) is 19.9 Å². The Morgan fingerprint density at radius 1 is 0.909 bits per heavy atom. The topological polar surface area (TPSA) is 226 Å². The summed E-state index contributed by atoms with van der Waals surface area (Å²) < 4.78 is 15.6. The Morgan fingerprint density at radius 2 is 1.55 bits per heavy atom. The van der Waals surface area contributed by atoms with Gasteiger partial charge in [-0.1, -0.05) is 65.5 Å². The number of nitrogens with one attached hydrogen (secondary N) is 4. The minimum Gasteiger partial charge on any atom is -0.404 e. The lowest BCUT2D eigenvalue weighted by Crippen LogP contribution is -2.59. The van der Waals surface area contributed by atoms with Crippen LogP contribution in [0, 0.1) is 11.8 Å². The minimum absolute atomic E-state index is 0.0141. The van der Waals surface area contributed by atoms with Gasteiger partial charge in [-0.3, -0.25) is 33.8 Å².